The van der Waals surface area contributed by atoms with E-state index in [0.29, 0.717) is 0 Å². The van der Waals surface area contributed by atoms with Crippen LogP contribution in [0.4, 0.5) is 5.82 Å². The van der Waals surface area contributed by atoms with Crippen LogP contribution in [0.25, 0.3) is 20.7 Å². The van der Waals surface area contributed by atoms with Gasteiger partial charge in [-0.25, -0.2) is 9.97 Å². The summed E-state index contributed by atoms with van der Waals surface area (Å²) in [5.41, 5.74) is 1.14. The number of fused-ring (bicyclic) bond motifs is 1. The number of amides is 1. The lowest BCUT2D eigenvalue weighted by Gasteiger charge is -2.16. The molecule has 1 fully saturated rings. The van der Waals surface area contributed by atoms with Crippen molar-refractivity contribution in [1.82, 2.24) is 14.9 Å². The van der Waals surface area contributed by atoms with Gasteiger partial charge >= 0.3 is 0 Å². The number of anilines is 1. The largest absolute Gasteiger partial charge is 0.360 e. The first-order valence-corrected chi connectivity index (χ1v) is 9.79. The summed E-state index contributed by atoms with van der Waals surface area (Å²) in [6.07, 6.45) is 2.21. The van der Waals surface area contributed by atoms with Crippen molar-refractivity contribution in [1.29, 1.82) is 0 Å². The summed E-state index contributed by atoms with van der Waals surface area (Å²) in [7, 11) is 0. The molecule has 1 amide bonds. The van der Waals surface area contributed by atoms with E-state index < -0.39 is 0 Å². The predicted molar refractivity (Wildman–Crippen MR) is 99.8 cm³/mol. The Morgan fingerprint density at radius 2 is 2.12 bits per heavy atom. The number of rotatable bonds is 4. The van der Waals surface area contributed by atoms with Crippen LogP contribution >= 0.6 is 22.7 Å². The standard InChI is InChI=1S/C17H18N4OS2/c1-11-19-16(18-9-14(22)21-6-2-3-7-21)15-12(10-24-17(15)20-11)13-5-4-8-23-13/h4-5,8,10H,2-3,6-7,9H2,1H3,(H,18,19,20). The maximum absolute atomic E-state index is 12.3. The van der Waals surface area contributed by atoms with Crippen LogP contribution in [0.3, 0.4) is 0 Å². The maximum atomic E-state index is 12.3. The summed E-state index contributed by atoms with van der Waals surface area (Å²) in [5, 5.41) is 8.47. The number of aryl methyl sites for hydroxylation is 1. The molecule has 3 aromatic heterocycles. The van der Waals surface area contributed by atoms with E-state index in [9.17, 15) is 4.79 Å². The summed E-state index contributed by atoms with van der Waals surface area (Å²) in [6.45, 7) is 3.91. The SMILES string of the molecule is Cc1nc(NCC(=O)N2CCCC2)c2c(-c3cccs3)csc2n1. The monoisotopic (exact) mass is 358 g/mol. The van der Waals surface area contributed by atoms with Crippen molar-refractivity contribution in [2.45, 2.75) is 19.8 Å². The van der Waals surface area contributed by atoms with Crippen molar-refractivity contribution in [2.24, 2.45) is 0 Å². The quantitative estimate of drug-likeness (QED) is 0.771. The Morgan fingerprint density at radius 3 is 2.88 bits per heavy atom. The molecular weight excluding hydrogens is 340 g/mol. The second-order valence-electron chi connectivity index (χ2n) is 5.87. The van der Waals surface area contributed by atoms with Gasteiger partial charge in [0.1, 0.15) is 16.5 Å². The number of nitrogens with one attached hydrogen (secondary N) is 1. The van der Waals surface area contributed by atoms with Crippen LogP contribution in [-0.4, -0.2) is 40.4 Å². The summed E-state index contributed by atoms with van der Waals surface area (Å²) in [4.78, 5) is 25.5. The Balaban J connectivity index is 1.66. The van der Waals surface area contributed by atoms with E-state index in [-0.39, 0.29) is 12.5 Å². The van der Waals surface area contributed by atoms with E-state index in [1.165, 1.54) is 4.88 Å². The topological polar surface area (TPSA) is 58.1 Å². The highest BCUT2D eigenvalue weighted by atomic mass is 32.1. The number of aromatic nitrogens is 2. The van der Waals surface area contributed by atoms with Gasteiger partial charge in [-0.15, -0.1) is 22.7 Å². The van der Waals surface area contributed by atoms with Crippen LogP contribution in [0, 0.1) is 6.92 Å². The smallest absolute Gasteiger partial charge is 0.241 e. The van der Waals surface area contributed by atoms with Gasteiger partial charge in [-0.3, -0.25) is 4.79 Å². The van der Waals surface area contributed by atoms with Crippen LogP contribution in [-0.2, 0) is 4.79 Å². The summed E-state index contributed by atoms with van der Waals surface area (Å²) < 4.78 is 0. The van der Waals surface area contributed by atoms with E-state index in [1.807, 2.05) is 17.9 Å². The molecule has 4 heterocycles. The van der Waals surface area contributed by atoms with Crippen LogP contribution in [0.15, 0.2) is 22.9 Å². The van der Waals surface area contributed by atoms with Gasteiger partial charge in [-0.2, -0.15) is 0 Å². The molecular formula is C17H18N4OS2. The Labute approximate surface area is 148 Å². The lowest BCUT2D eigenvalue weighted by Crippen LogP contribution is -2.33. The second-order valence-corrected chi connectivity index (χ2v) is 7.67. The highest BCUT2D eigenvalue weighted by Gasteiger charge is 2.19. The molecule has 0 aliphatic carbocycles. The zero-order chi connectivity index (χ0) is 16.5. The molecule has 1 aliphatic heterocycles. The van der Waals surface area contributed by atoms with Gasteiger partial charge in [-0.1, -0.05) is 6.07 Å². The van der Waals surface area contributed by atoms with Crippen molar-refractivity contribution >= 4 is 44.6 Å². The van der Waals surface area contributed by atoms with Gasteiger partial charge in [0.25, 0.3) is 0 Å². The van der Waals surface area contributed by atoms with Crippen molar-refractivity contribution in [3.63, 3.8) is 0 Å². The normalized spacial score (nSPS) is 14.5. The van der Waals surface area contributed by atoms with Crippen molar-refractivity contribution in [3.8, 4) is 10.4 Å². The fourth-order valence-corrected chi connectivity index (χ4v) is 4.83. The molecule has 5 nitrogen and oxygen atoms in total. The van der Waals surface area contributed by atoms with Crippen LogP contribution in [0.1, 0.15) is 18.7 Å². The maximum Gasteiger partial charge on any atom is 0.241 e. The Kier molecular flexibility index (Phi) is 4.20. The molecule has 0 spiro atoms. The third kappa shape index (κ3) is 2.89. The minimum Gasteiger partial charge on any atom is -0.360 e. The lowest BCUT2D eigenvalue weighted by molar-refractivity contribution is -0.128. The first-order valence-electron chi connectivity index (χ1n) is 8.04. The number of hydrogen-bond acceptors (Lipinski definition) is 6. The summed E-state index contributed by atoms with van der Waals surface area (Å²) in [5.74, 6) is 1.62. The molecule has 0 saturated carbocycles. The van der Waals surface area contributed by atoms with Gasteiger partial charge in [0.15, 0.2) is 0 Å². The Morgan fingerprint density at radius 1 is 1.29 bits per heavy atom. The molecule has 0 radical (unpaired) electrons. The zero-order valence-corrected chi connectivity index (χ0v) is 15.0. The first-order chi connectivity index (χ1) is 11.7. The minimum absolute atomic E-state index is 0.143. The molecule has 0 unspecified atom stereocenters. The number of nitrogens with zero attached hydrogens (tertiary/aromatic N) is 3. The summed E-state index contributed by atoms with van der Waals surface area (Å²) >= 11 is 3.32. The molecule has 7 heteroatoms. The molecule has 1 saturated heterocycles. The molecule has 4 rings (SSSR count). The first kappa shape index (κ1) is 15.5. The average Bonchev–Trinajstić information content (AvgIpc) is 3.31. The van der Waals surface area contributed by atoms with E-state index in [0.717, 1.165) is 53.4 Å². The molecule has 0 aromatic carbocycles. The number of hydrogen-bond donors (Lipinski definition) is 1. The fourth-order valence-electron chi connectivity index (χ4n) is 3.03. The average molecular weight is 358 g/mol. The van der Waals surface area contributed by atoms with E-state index >= 15 is 0 Å². The van der Waals surface area contributed by atoms with Crippen LogP contribution in [0.2, 0.25) is 0 Å². The van der Waals surface area contributed by atoms with Crippen LogP contribution in [0.5, 0.6) is 0 Å². The number of thiophene rings is 2. The molecule has 0 bridgehead atoms. The Bertz CT molecular complexity index is 866. The molecule has 3 aromatic rings. The second kappa shape index (κ2) is 6.49. The third-order valence-corrected chi connectivity index (χ3v) is 5.97. The van der Waals surface area contributed by atoms with Crippen molar-refractivity contribution in [3.05, 3.63) is 28.7 Å². The molecule has 0 atom stereocenters. The highest BCUT2D eigenvalue weighted by molar-refractivity contribution is 7.18. The van der Waals surface area contributed by atoms with Gasteiger partial charge < -0.3 is 10.2 Å². The van der Waals surface area contributed by atoms with Gasteiger partial charge in [0.2, 0.25) is 5.91 Å². The third-order valence-electron chi connectivity index (χ3n) is 4.20. The van der Waals surface area contributed by atoms with Gasteiger partial charge in [0, 0.05) is 28.9 Å². The predicted octanol–water partition coefficient (Wildman–Crippen LogP) is 3.76. The molecule has 124 valence electrons. The summed E-state index contributed by atoms with van der Waals surface area (Å²) in [6, 6.07) is 4.15. The number of carbonyl (C=O) groups is 1. The molecule has 24 heavy (non-hydrogen) atoms. The van der Waals surface area contributed by atoms with Crippen molar-refractivity contribution in [2.75, 3.05) is 25.0 Å². The zero-order valence-electron chi connectivity index (χ0n) is 13.4. The minimum atomic E-state index is 0.143. The van der Waals surface area contributed by atoms with Crippen LogP contribution < -0.4 is 5.32 Å². The molecule has 1 aliphatic rings. The van der Waals surface area contributed by atoms with Gasteiger partial charge in [-0.05, 0) is 31.2 Å². The highest BCUT2D eigenvalue weighted by Crippen LogP contribution is 2.38. The van der Waals surface area contributed by atoms with E-state index in [2.05, 4.69) is 32.1 Å². The van der Waals surface area contributed by atoms with Gasteiger partial charge in [0.05, 0.1) is 11.9 Å². The Hall–Kier alpha value is -1.99. The number of likely N-dealkylation sites (tertiary alicyclic amines) is 1. The van der Waals surface area contributed by atoms with Crippen molar-refractivity contribution < 1.29 is 4.79 Å². The van der Waals surface area contributed by atoms with E-state index in [4.69, 9.17) is 0 Å². The number of carbonyl (C=O) groups excluding carboxylic acids is 1. The molecule has 1 N–H and O–H groups in total. The fraction of sp³-hybridized carbons (Fsp3) is 0.353. The van der Waals surface area contributed by atoms with E-state index in [1.54, 1.807) is 22.7 Å². The lowest BCUT2D eigenvalue weighted by atomic mass is 10.2.